The average molecular weight is 360 g/mol. The summed E-state index contributed by atoms with van der Waals surface area (Å²) < 4.78 is 11.2. The Kier molecular flexibility index (Phi) is 5.76. The number of rotatable bonds is 7. The Morgan fingerprint density at radius 3 is 2.73 bits per heavy atom. The minimum atomic E-state index is -0.0516. The molecule has 142 valence electrons. The average Bonchev–Trinajstić information content (AvgIpc) is 3.37. The van der Waals surface area contributed by atoms with Crippen LogP contribution in [0.3, 0.4) is 0 Å². The van der Waals surface area contributed by atoms with Crippen LogP contribution in [-0.4, -0.2) is 52.0 Å². The van der Waals surface area contributed by atoms with Crippen LogP contribution in [-0.2, 0) is 13.0 Å². The molecule has 0 saturated carbocycles. The monoisotopic (exact) mass is 360 g/mol. The van der Waals surface area contributed by atoms with Crippen molar-refractivity contribution in [1.82, 2.24) is 19.9 Å². The summed E-state index contributed by atoms with van der Waals surface area (Å²) in [5.41, 5.74) is 1.11. The van der Waals surface area contributed by atoms with E-state index in [2.05, 4.69) is 35.8 Å². The molecule has 2 aromatic rings. The zero-order chi connectivity index (χ0) is 18.7. The zero-order valence-corrected chi connectivity index (χ0v) is 16.1. The van der Waals surface area contributed by atoms with E-state index in [0.717, 1.165) is 43.8 Å². The van der Waals surface area contributed by atoms with Crippen molar-refractivity contribution >= 4 is 5.91 Å². The molecule has 0 N–H and O–H groups in total. The number of nitrogens with zero attached hydrogens (tertiary/aromatic N) is 4. The quantitative estimate of drug-likeness (QED) is 0.755. The lowest BCUT2D eigenvalue weighted by Crippen LogP contribution is -2.28. The highest BCUT2D eigenvalue weighted by molar-refractivity contribution is 5.92. The summed E-state index contributed by atoms with van der Waals surface area (Å²) in [6.07, 6.45) is 1.62. The Hall–Kier alpha value is -2.15. The highest BCUT2D eigenvalue weighted by atomic mass is 16.5. The molecule has 26 heavy (non-hydrogen) atoms. The lowest BCUT2D eigenvalue weighted by Gasteiger charge is -2.17. The first-order valence-corrected chi connectivity index (χ1v) is 9.49. The van der Waals surface area contributed by atoms with Gasteiger partial charge in [-0.2, -0.15) is 4.98 Å². The Labute approximate surface area is 154 Å². The molecule has 0 radical (unpaired) electrons. The van der Waals surface area contributed by atoms with Gasteiger partial charge >= 0.3 is 0 Å². The minimum Gasteiger partial charge on any atom is -0.456 e. The normalized spacial score (nSPS) is 17.4. The van der Waals surface area contributed by atoms with E-state index in [1.807, 2.05) is 11.0 Å². The SMILES string of the molecule is CCc1oc(C(=O)N2CC[C@H](c3nc(C)no3)C2)cc1CN(CC)CC. The van der Waals surface area contributed by atoms with Crippen LogP contribution in [0.15, 0.2) is 15.0 Å². The second-order valence-electron chi connectivity index (χ2n) is 6.79. The van der Waals surface area contributed by atoms with Gasteiger partial charge in [-0.25, -0.2) is 0 Å². The number of amides is 1. The molecule has 0 unspecified atom stereocenters. The molecule has 2 aromatic heterocycles. The first kappa shape index (κ1) is 18.6. The first-order valence-electron chi connectivity index (χ1n) is 9.49. The summed E-state index contributed by atoms with van der Waals surface area (Å²) in [7, 11) is 0. The number of hydrogen-bond donors (Lipinski definition) is 0. The topological polar surface area (TPSA) is 75.6 Å². The lowest BCUT2D eigenvalue weighted by atomic mass is 10.1. The predicted octanol–water partition coefficient (Wildman–Crippen LogP) is 3.00. The van der Waals surface area contributed by atoms with Gasteiger partial charge in [0, 0.05) is 31.6 Å². The Bertz CT molecular complexity index is 748. The largest absolute Gasteiger partial charge is 0.456 e. The Morgan fingerprint density at radius 1 is 1.35 bits per heavy atom. The van der Waals surface area contributed by atoms with Crippen LogP contribution in [0.1, 0.15) is 66.7 Å². The summed E-state index contributed by atoms with van der Waals surface area (Å²) in [5.74, 6) is 2.65. The van der Waals surface area contributed by atoms with Gasteiger partial charge < -0.3 is 13.8 Å². The summed E-state index contributed by atoms with van der Waals surface area (Å²) in [6.45, 7) is 12.2. The maximum absolute atomic E-state index is 12.9. The van der Waals surface area contributed by atoms with Crippen molar-refractivity contribution in [2.45, 2.75) is 53.0 Å². The molecule has 7 heteroatoms. The molecule has 0 spiro atoms. The van der Waals surface area contributed by atoms with E-state index in [4.69, 9.17) is 8.94 Å². The lowest BCUT2D eigenvalue weighted by molar-refractivity contribution is 0.0756. The summed E-state index contributed by atoms with van der Waals surface area (Å²) in [4.78, 5) is 21.3. The van der Waals surface area contributed by atoms with E-state index in [1.54, 1.807) is 6.92 Å². The second kappa shape index (κ2) is 8.03. The van der Waals surface area contributed by atoms with Crippen molar-refractivity contribution in [3.63, 3.8) is 0 Å². The first-order chi connectivity index (χ1) is 12.5. The van der Waals surface area contributed by atoms with E-state index < -0.39 is 0 Å². The third-order valence-electron chi connectivity index (χ3n) is 5.08. The fraction of sp³-hybridized carbons (Fsp3) is 0.632. The molecular formula is C19H28N4O3. The van der Waals surface area contributed by atoms with Crippen molar-refractivity contribution in [2.24, 2.45) is 0 Å². The third kappa shape index (κ3) is 3.82. The van der Waals surface area contributed by atoms with Gasteiger partial charge in [0.15, 0.2) is 11.6 Å². The van der Waals surface area contributed by atoms with Crippen molar-refractivity contribution in [2.75, 3.05) is 26.2 Å². The van der Waals surface area contributed by atoms with Crippen LogP contribution in [0.2, 0.25) is 0 Å². The molecule has 3 heterocycles. The fourth-order valence-corrected chi connectivity index (χ4v) is 3.47. The third-order valence-corrected chi connectivity index (χ3v) is 5.08. The van der Waals surface area contributed by atoms with Crippen molar-refractivity contribution < 1.29 is 13.7 Å². The van der Waals surface area contributed by atoms with Crippen LogP contribution < -0.4 is 0 Å². The molecule has 0 aromatic carbocycles. The zero-order valence-electron chi connectivity index (χ0n) is 16.1. The molecule has 1 fully saturated rings. The smallest absolute Gasteiger partial charge is 0.289 e. The number of carbonyl (C=O) groups is 1. The number of hydrogen-bond acceptors (Lipinski definition) is 6. The Balaban J connectivity index is 1.71. The molecular weight excluding hydrogens is 332 g/mol. The molecule has 0 bridgehead atoms. The number of carbonyl (C=O) groups excluding carboxylic acids is 1. The van der Waals surface area contributed by atoms with Gasteiger partial charge in [0.1, 0.15) is 5.76 Å². The van der Waals surface area contributed by atoms with Crippen LogP contribution in [0, 0.1) is 6.92 Å². The molecule has 0 aliphatic carbocycles. The molecule has 7 nitrogen and oxygen atoms in total. The fourth-order valence-electron chi connectivity index (χ4n) is 3.47. The maximum Gasteiger partial charge on any atom is 0.289 e. The van der Waals surface area contributed by atoms with Crippen LogP contribution >= 0.6 is 0 Å². The molecule has 1 atom stereocenters. The van der Waals surface area contributed by atoms with Crippen molar-refractivity contribution in [3.8, 4) is 0 Å². The molecule has 1 amide bonds. The van der Waals surface area contributed by atoms with E-state index in [9.17, 15) is 4.79 Å². The highest BCUT2D eigenvalue weighted by Gasteiger charge is 2.33. The predicted molar refractivity (Wildman–Crippen MR) is 97.0 cm³/mol. The Morgan fingerprint density at radius 2 is 2.12 bits per heavy atom. The number of likely N-dealkylation sites (tertiary alicyclic amines) is 1. The number of aromatic nitrogens is 2. The van der Waals surface area contributed by atoms with Gasteiger partial charge in [-0.3, -0.25) is 9.69 Å². The van der Waals surface area contributed by atoms with Gasteiger partial charge in [0.25, 0.3) is 5.91 Å². The second-order valence-corrected chi connectivity index (χ2v) is 6.79. The summed E-state index contributed by atoms with van der Waals surface area (Å²) in [5, 5.41) is 3.85. The van der Waals surface area contributed by atoms with Crippen molar-refractivity contribution in [1.29, 1.82) is 0 Å². The van der Waals surface area contributed by atoms with Gasteiger partial charge in [0.2, 0.25) is 5.89 Å². The minimum absolute atomic E-state index is 0.0516. The van der Waals surface area contributed by atoms with E-state index >= 15 is 0 Å². The highest BCUT2D eigenvalue weighted by Crippen LogP contribution is 2.28. The van der Waals surface area contributed by atoms with Crippen LogP contribution in [0.4, 0.5) is 0 Å². The summed E-state index contributed by atoms with van der Waals surface area (Å²) in [6, 6.07) is 1.92. The van der Waals surface area contributed by atoms with Crippen LogP contribution in [0.25, 0.3) is 0 Å². The molecule has 1 saturated heterocycles. The summed E-state index contributed by atoms with van der Waals surface area (Å²) >= 11 is 0. The number of furan rings is 1. The van der Waals surface area contributed by atoms with E-state index in [0.29, 0.717) is 30.6 Å². The van der Waals surface area contributed by atoms with Gasteiger partial charge in [-0.15, -0.1) is 0 Å². The van der Waals surface area contributed by atoms with Crippen molar-refractivity contribution in [3.05, 3.63) is 34.9 Å². The van der Waals surface area contributed by atoms with E-state index in [1.165, 1.54) is 0 Å². The molecule has 1 aliphatic rings. The maximum atomic E-state index is 12.9. The standard InChI is InChI=1S/C19H28N4O3/c1-5-16-15(11-22(6-2)7-3)10-17(25-16)19(24)23-9-8-14(12-23)18-20-13(4)21-26-18/h10,14H,5-9,11-12H2,1-4H3/t14-/m0/s1. The number of aryl methyl sites for hydroxylation is 2. The van der Waals surface area contributed by atoms with Gasteiger partial charge in [0.05, 0.1) is 5.92 Å². The molecule has 3 rings (SSSR count). The molecule has 1 aliphatic heterocycles. The van der Waals surface area contributed by atoms with Gasteiger partial charge in [-0.05, 0) is 32.5 Å². The van der Waals surface area contributed by atoms with Crippen LogP contribution in [0.5, 0.6) is 0 Å². The van der Waals surface area contributed by atoms with E-state index in [-0.39, 0.29) is 11.8 Å². The van der Waals surface area contributed by atoms with Gasteiger partial charge in [-0.1, -0.05) is 25.9 Å².